The predicted octanol–water partition coefficient (Wildman–Crippen LogP) is 2.50. The monoisotopic (exact) mass is 394 g/mol. The van der Waals surface area contributed by atoms with Gasteiger partial charge < -0.3 is 11.1 Å². The van der Waals surface area contributed by atoms with Crippen LogP contribution in [-0.4, -0.2) is 34.3 Å². The first-order chi connectivity index (χ1) is 12.2. The van der Waals surface area contributed by atoms with E-state index in [0.717, 1.165) is 17.4 Å². The molecule has 0 unspecified atom stereocenters. The number of hydrogen-bond donors (Lipinski definition) is 2. The van der Waals surface area contributed by atoms with Crippen LogP contribution in [0, 0.1) is 0 Å². The van der Waals surface area contributed by atoms with E-state index in [1.54, 1.807) is 24.4 Å². The summed E-state index contributed by atoms with van der Waals surface area (Å²) in [6.45, 7) is 4.27. The number of benzene rings is 1. The Balaban J connectivity index is 2.08. The van der Waals surface area contributed by atoms with Gasteiger partial charge in [-0.15, -0.1) is 0 Å². The molecule has 1 aromatic carbocycles. The normalized spacial score (nSPS) is 12.0. The minimum absolute atomic E-state index is 0.131. The highest BCUT2D eigenvalue weighted by Gasteiger charge is 2.20. The summed E-state index contributed by atoms with van der Waals surface area (Å²) in [6, 6.07) is 5.16. The molecular formula is C16H19ClN6O2S. The maximum atomic E-state index is 12.0. The summed E-state index contributed by atoms with van der Waals surface area (Å²) in [4.78, 5) is 8.32. The first-order valence-corrected chi connectivity index (χ1v) is 10.2. The number of nitrogens with two attached hydrogens (primary N) is 1. The van der Waals surface area contributed by atoms with Crippen LogP contribution in [0.5, 0.6) is 0 Å². The minimum atomic E-state index is -3.58. The van der Waals surface area contributed by atoms with Crippen molar-refractivity contribution in [2.75, 3.05) is 17.3 Å². The molecule has 0 aliphatic rings. The first-order valence-electron chi connectivity index (χ1n) is 7.90. The molecule has 0 saturated carbocycles. The van der Waals surface area contributed by atoms with E-state index in [1.165, 1.54) is 4.52 Å². The first kappa shape index (κ1) is 18.4. The molecule has 0 aliphatic heterocycles. The molecule has 0 radical (unpaired) electrons. The Morgan fingerprint density at radius 3 is 2.69 bits per heavy atom. The highest BCUT2D eigenvalue weighted by atomic mass is 35.5. The highest BCUT2D eigenvalue weighted by Crippen LogP contribution is 2.23. The van der Waals surface area contributed by atoms with Crippen molar-refractivity contribution >= 4 is 38.7 Å². The maximum Gasteiger partial charge on any atom is 0.252 e. The molecule has 3 rings (SSSR count). The van der Waals surface area contributed by atoms with E-state index in [0.29, 0.717) is 22.9 Å². The summed E-state index contributed by atoms with van der Waals surface area (Å²) < 4.78 is 25.5. The number of anilines is 2. The standard InChI is InChI=1S/C16H19ClN6O2S/c1-9(2)12-8-20-23-14(12)21-16(26(3,24)25)22-15(23)19-7-10-6-11(18)4-5-13(10)17/h4-6,8-9H,7,18H2,1-3H3,(H,19,21,22). The largest absolute Gasteiger partial charge is 0.399 e. The number of nitrogens with zero attached hydrogens (tertiary/aromatic N) is 4. The van der Waals surface area contributed by atoms with E-state index in [2.05, 4.69) is 20.4 Å². The summed E-state index contributed by atoms with van der Waals surface area (Å²) in [5, 5.41) is 7.66. The van der Waals surface area contributed by atoms with Crippen molar-refractivity contribution in [1.29, 1.82) is 0 Å². The van der Waals surface area contributed by atoms with Crippen LogP contribution in [0.25, 0.3) is 5.65 Å². The van der Waals surface area contributed by atoms with Crippen molar-refractivity contribution < 1.29 is 8.42 Å². The van der Waals surface area contributed by atoms with Crippen molar-refractivity contribution in [2.24, 2.45) is 0 Å². The smallest absolute Gasteiger partial charge is 0.252 e. The lowest BCUT2D eigenvalue weighted by Gasteiger charge is -2.11. The van der Waals surface area contributed by atoms with Crippen LogP contribution in [0.1, 0.15) is 30.9 Å². The summed E-state index contributed by atoms with van der Waals surface area (Å²) in [7, 11) is -3.58. The summed E-state index contributed by atoms with van der Waals surface area (Å²) in [6.07, 6.45) is 2.74. The Morgan fingerprint density at radius 2 is 2.04 bits per heavy atom. The Kier molecular flexibility index (Phi) is 4.76. The molecule has 10 heteroatoms. The van der Waals surface area contributed by atoms with Crippen molar-refractivity contribution in [3.63, 3.8) is 0 Å². The molecule has 138 valence electrons. The second kappa shape index (κ2) is 6.73. The van der Waals surface area contributed by atoms with Gasteiger partial charge in [-0.05, 0) is 29.7 Å². The number of sulfone groups is 1. The number of rotatable bonds is 5. The Bertz CT molecular complexity index is 1080. The van der Waals surface area contributed by atoms with E-state index < -0.39 is 9.84 Å². The van der Waals surface area contributed by atoms with E-state index in [1.807, 2.05) is 13.8 Å². The molecule has 0 aliphatic carbocycles. The quantitative estimate of drug-likeness (QED) is 0.638. The molecule has 0 amide bonds. The van der Waals surface area contributed by atoms with Crippen LogP contribution in [0.4, 0.5) is 11.6 Å². The van der Waals surface area contributed by atoms with E-state index in [4.69, 9.17) is 17.3 Å². The summed E-state index contributed by atoms with van der Waals surface area (Å²) in [5.74, 6) is 0.395. The third-order valence-corrected chi connectivity index (χ3v) is 5.05. The zero-order valence-electron chi connectivity index (χ0n) is 14.6. The molecule has 0 fully saturated rings. The molecule has 8 nitrogen and oxygen atoms in total. The number of hydrogen-bond acceptors (Lipinski definition) is 7. The molecule has 0 atom stereocenters. The van der Waals surface area contributed by atoms with Gasteiger partial charge in [-0.25, -0.2) is 8.42 Å². The zero-order chi connectivity index (χ0) is 19.1. The van der Waals surface area contributed by atoms with Gasteiger partial charge in [0.05, 0.1) is 6.20 Å². The van der Waals surface area contributed by atoms with Gasteiger partial charge in [0, 0.05) is 29.1 Å². The molecule has 3 N–H and O–H groups in total. The molecule has 26 heavy (non-hydrogen) atoms. The summed E-state index contributed by atoms with van der Waals surface area (Å²) in [5.41, 5.74) is 8.43. The molecular weight excluding hydrogens is 376 g/mol. The maximum absolute atomic E-state index is 12.0. The minimum Gasteiger partial charge on any atom is -0.399 e. The van der Waals surface area contributed by atoms with Crippen LogP contribution in [0.3, 0.4) is 0 Å². The lowest BCUT2D eigenvalue weighted by molar-refractivity contribution is 0.592. The van der Waals surface area contributed by atoms with Crippen LogP contribution < -0.4 is 11.1 Å². The molecule has 2 aromatic heterocycles. The van der Waals surface area contributed by atoms with E-state index in [-0.39, 0.29) is 17.0 Å². The van der Waals surface area contributed by atoms with Gasteiger partial charge >= 0.3 is 0 Å². The van der Waals surface area contributed by atoms with Crippen LogP contribution in [0.15, 0.2) is 29.6 Å². The summed E-state index contributed by atoms with van der Waals surface area (Å²) >= 11 is 6.18. The van der Waals surface area contributed by atoms with Crippen molar-refractivity contribution in [3.8, 4) is 0 Å². The topological polar surface area (TPSA) is 115 Å². The fourth-order valence-corrected chi connectivity index (χ4v) is 3.16. The van der Waals surface area contributed by atoms with Crippen LogP contribution >= 0.6 is 11.6 Å². The lowest BCUT2D eigenvalue weighted by atomic mass is 10.1. The third kappa shape index (κ3) is 3.58. The van der Waals surface area contributed by atoms with Gasteiger partial charge in [0.15, 0.2) is 5.65 Å². The Hall–Kier alpha value is -2.39. The molecule has 3 aromatic rings. The van der Waals surface area contributed by atoms with Gasteiger partial charge in [0.25, 0.3) is 5.16 Å². The molecule has 0 bridgehead atoms. The number of fused-ring (bicyclic) bond motifs is 1. The van der Waals surface area contributed by atoms with Crippen LogP contribution in [-0.2, 0) is 16.4 Å². The van der Waals surface area contributed by atoms with Gasteiger partial charge in [0.2, 0.25) is 15.8 Å². The number of halogens is 1. The molecule has 0 spiro atoms. The third-order valence-electron chi connectivity index (χ3n) is 3.84. The highest BCUT2D eigenvalue weighted by molar-refractivity contribution is 7.90. The SMILES string of the molecule is CC(C)c1cnn2c(NCc3cc(N)ccc3Cl)nc(S(C)(=O)=O)nc12. The fourth-order valence-electron chi connectivity index (χ4n) is 2.47. The molecule has 2 heterocycles. The number of nitrogens with one attached hydrogen (secondary N) is 1. The molecule has 0 saturated heterocycles. The number of nitrogen functional groups attached to an aromatic ring is 1. The zero-order valence-corrected chi connectivity index (χ0v) is 16.1. The van der Waals surface area contributed by atoms with Crippen molar-refractivity contribution in [2.45, 2.75) is 31.5 Å². The van der Waals surface area contributed by atoms with Gasteiger partial charge in [-0.1, -0.05) is 25.4 Å². The van der Waals surface area contributed by atoms with Gasteiger partial charge in [-0.2, -0.15) is 19.6 Å². The lowest BCUT2D eigenvalue weighted by Crippen LogP contribution is -2.14. The van der Waals surface area contributed by atoms with Gasteiger partial charge in [0.1, 0.15) is 0 Å². The second-order valence-electron chi connectivity index (χ2n) is 6.30. The van der Waals surface area contributed by atoms with Gasteiger partial charge in [-0.3, -0.25) is 0 Å². The van der Waals surface area contributed by atoms with E-state index >= 15 is 0 Å². The van der Waals surface area contributed by atoms with Crippen LogP contribution in [0.2, 0.25) is 5.02 Å². The average Bonchev–Trinajstić information content (AvgIpc) is 2.99. The Labute approximate surface area is 156 Å². The average molecular weight is 395 g/mol. The van der Waals surface area contributed by atoms with Crippen molar-refractivity contribution in [1.82, 2.24) is 19.6 Å². The second-order valence-corrected chi connectivity index (χ2v) is 8.61. The predicted molar refractivity (Wildman–Crippen MR) is 101 cm³/mol. The number of aromatic nitrogens is 4. The van der Waals surface area contributed by atoms with Crippen molar-refractivity contribution in [3.05, 3.63) is 40.5 Å². The van der Waals surface area contributed by atoms with E-state index in [9.17, 15) is 8.42 Å². The Morgan fingerprint density at radius 1 is 1.31 bits per heavy atom. The fraction of sp³-hybridized carbons (Fsp3) is 0.312.